The molecule has 1 aliphatic rings. The Bertz CT molecular complexity index is 1100. The van der Waals surface area contributed by atoms with Crippen LogP contribution in [0.4, 0.5) is 0 Å². The third kappa shape index (κ3) is 4.30. The number of benzene rings is 3. The zero-order valence-electron chi connectivity index (χ0n) is 16.4. The Hall–Kier alpha value is -2.96. The number of methoxy groups -OCH3 is 1. The Balaban J connectivity index is 1.73. The summed E-state index contributed by atoms with van der Waals surface area (Å²) >= 11 is 3.53. The normalized spacial score (nSPS) is 18.5. The lowest BCUT2D eigenvalue weighted by Crippen LogP contribution is -2.33. The molecule has 2 atom stereocenters. The van der Waals surface area contributed by atoms with E-state index in [0.29, 0.717) is 12.0 Å². The Morgan fingerprint density at radius 3 is 2.57 bits per heavy atom. The third-order valence-electron chi connectivity index (χ3n) is 5.16. The van der Waals surface area contributed by atoms with Crippen molar-refractivity contribution in [2.45, 2.75) is 18.6 Å². The van der Waals surface area contributed by atoms with Gasteiger partial charge in [0.1, 0.15) is 11.9 Å². The number of nitrogens with zero attached hydrogens (tertiary/aromatic N) is 1. The number of nitrogens with one attached hydrogen (secondary N) is 1. The van der Waals surface area contributed by atoms with E-state index in [1.807, 2.05) is 54.6 Å². The Morgan fingerprint density at radius 1 is 1.10 bits per heavy atom. The molecule has 0 aromatic heterocycles. The molecule has 0 radical (unpaired) electrons. The zero-order valence-corrected chi connectivity index (χ0v) is 18.0. The molecule has 152 valence electrons. The summed E-state index contributed by atoms with van der Waals surface area (Å²) in [7, 11) is 1.37. The summed E-state index contributed by atoms with van der Waals surface area (Å²) in [4.78, 5) is 16.7. The van der Waals surface area contributed by atoms with Gasteiger partial charge < -0.3 is 9.84 Å². The molecule has 0 unspecified atom stereocenters. The van der Waals surface area contributed by atoms with Crippen LogP contribution in [-0.2, 0) is 4.74 Å². The third-order valence-corrected chi connectivity index (χ3v) is 5.65. The van der Waals surface area contributed by atoms with Gasteiger partial charge in [0.15, 0.2) is 0 Å². The number of aliphatic imine (C=N–C) groups is 1. The van der Waals surface area contributed by atoms with Crippen LogP contribution in [0.15, 0.2) is 82.3 Å². The highest BCUT2D eigenvalue weighted by Crippen LogP contribution is 2.34. The minimum absolute atomic E-state index is 0.108. The van der Waals surface area contributed by atoms with Crippen molar-refractivity contribution in [1.29, 1.82) is 0 Å². The van der Waals surface area contributed by atoms with Crippen molar-refractivity contribution >= 4 is 27.6 Å². The Morgan fingerprint density at radius 2 is 1.87 bits per heavy atom. The highest BCUT2D eigenvalue weighted by Gasteiger charge is 2.27. The van der Waals surface area contributed by atoms with Crippen LogP contribution in [0.1, 0.15) is 45.7 Å². The molecule has 30 heavy (non-hydrogen) atoms. The van der Waals surface area contributed by atoms with Crippen LogP contribution >= 0.6 is 15.9 Å². The number of phenols is 1. The number of carbonyl (C=O) groups is 1. The maximum absolute atomic E-state index is 11.7. The highest BCUT2D eigenvalue weighted by molar-refractivity contribution is 9.10. The van der Waals surface area contributed by atoms with Crippen molar-refractivity contribution in [3.8, 4) is 5.75 Å². The van der Waals surface area contributed by atoms with E-state index < -0.39 is 0 Å². The Kier molecular flexibility index (Phi) is 5.97. The van der Waals surface area contributed by atoms with Gasteiger partial charge in [0.25, 0.3) is 0 Å². The van der Waals surface area contributed by atoms with Crippen molar-refractivity contribution < 1.29 is 14.6 Å². The van der Waals surface area contributed by atoms with E-state index in [1.54, 1.807) is 18.2 Å². The van der Waals surface area contributed by atoms with Gasteiger partial charge >= 0.3 is 5.97 Å². The molecule has 1 heterocycles. The van der Waals surface area contributed by atoms with Gasteiger partial charge in [-0.05, 0) is 41.5 Å². The fourth-order valence-electron chi connectivity index (χ4n) is 3.62. The van der Waals surface area contributed by atoms with Gasteiger partial charge in [-0.3, -0.25) is 10.3 Å². The van der Waals surface area contributed by atoms with Gasteiger partial charge in [0.2, 0.25) is 0 Å². The molecule has 4 rings (SSSR count). The molecule has 0 bridgehead atoms. The number of aromatic hydroxyl groups is 1. The first kappa shape index (κ1) is 20.3. The molecule has 2 N–H and O–H groups in total. The predicted octanol–water partition coefficient (Wildman–Crippen LogP) is 5.16. The minimum Gasteiger partial charge on any atom is -0.508 e. The summed E-state index contributed by atoms with van der Waals surface area (Å²) in [6.07, 6.45) is 0.328. The number of rotatable bonds is 4. The van der Waals surface area contributed by atoms with Crippen LogP contribution in [0.2, 0.25) is 0 Å². The van der Waals surface area contributed by atoms with Gasteiger partial charge in [0.05, 0.1) is 12.7 Å². The SMILES string of the molecule is COC(=O)c1ccc([C@@H]2N=C(c3cccc(Br)c3)C[C@H](c3ccccc3O)N2)cc1. The maximum Gasteiger partial charge on any atom is 0.337 e. The molecule has 3 aromatic carbocycles. The smallest absolute Gasteiger partial charge is 0.337 e. The average Bonchev–Trinajstić information content (AvgIpc) is 2.78. The quantitative estimate of drug-likeness (QED) is 0.522. The second-order valence-corrected chi connectivity index (χ2v) is 8.00. The average molecular weight is 465 g/mol. The van der Waals surface area contributed by atoms with Crippen LogP contribution in [0.25, 0.3) is 0 Å². The highest BCUT2D eigenvalue weighted by atomic mass is 79.9. The summed E-state index contributed by atoms with van der Waals surface area (Å²) in [5.74, 6) is -0.117. The van der Waals surface area contributed by atoms with Gasteiger partial charge in [-0.1, -0.05) is 58.4 Å². The topological polar surface area (TPSA) is 70.9 Å². The van der Waals surface area contributed by atoms with E-state index in [0.717, 1.165) is 26.9 Å². The number of hydrogen-bond donors (Lipinski definition) is 2. The monoisotopic (exact) mass is 464 g/mol. The van der Waals surface area contributed by atoms with E-state index in [2.05, 4.69) is 21.2 Å². The molecule has 0 saturated heterocycles. The minimum atomic E-state index is -0.372. The molecule has 1 aliphatic heterocycles. The number of ether oxygens (including phenoxy) is 1. The lowest BCUT2D eigenvalue weighted by molar-refractivity contribution is 0.0600. The van der Waals surface area contributed by atoms with Crippen molar-refractivity contribution in [2.75, 3.05) is 7.11 Å². The summed E-state index contributed by atoms with van der Waals surface area (Å²) in [6, 6.07) is 22.5. The standard InChI is InChI=1S/C24H21BrN2O3/c1-30-24(29)16-11-9-15(10-12-16)23-26-20(17-5-4-6-18(25)13-17)14-21(27-23)19-7-2-3-8-22(19)28/h2-13,21,23,27-28H,14H2,1H3/t21-,23-/m1/s1. The molecule has 5 nitrogen and oxygen atoms in total. The second kappa shape index (κ2) is 8.81. The molecular weight excluding hydrogens is 444 g/mol. The number of halogens is 1. The maximum atomic E-state index is 11.7. The molecule has 3 aromatic rings. The molecule has 0 amide bonds. The van der Waals surface area contributed by atoms with Crippen LogP contribution in [0.5, 0.6) is 5.75 Å². The summed E-state index contributed by atoms with van der Waals surface area (Å²) < 4.78 is 5.77. The van der Waals surface area contributed by atoms with E-state index in [9.17, 15) is 9.90 Å². The van der Waals surface area contributed by atoms with Gasteiger partial charge in [-0.25, -0.2) is 4.79 Å². The van der Waals surface area contributed by atoms with Crippen LogP contribution in [0.3, 0.4) is 0 Å². The van der Waals surface area contributed by atoms with Crippen molar-refractivity contribution in [3.05, 3.63) is 99.5 Å². The summed E-state index contributed by atoms with van der Waals surface area (Å²) in [6.45, 7) is 0. The number of carbonyl (C=O) groups excluding carboxylic acids is 1. The van der Waals surface area contributed by atoms with Crippen LogP contribution < -0.4 is 5.32 Å². The first-order valence-corrected chi connectivity index (χ1v) is 10.4. The first-order chi connectivity index (χ1) is 14.5. The molecule has 0 fully saturated rings. The van der Waals surface area contributed by atoms with E-state index in [-0.39, 0.29) is 23.9 Å². The van der Waals surface area contributed by atoms with E-state index >= 15 is 0 Å². The van der Waals surface area contributed by atoms with Gasteiger partial charge in [-0.2, -0.15) is 0 Å². The molecular formula is C24H21BrN2O3. The summed E-state index contributed by atoms with van der Waals surface area (Å²) in [5.41, 5.74) is 4.23. The Labute approximate surface area is 183 Å². The van der Waals surface area contributed by atoms with Crippen LogP contribution in [0, 0.1) is 0 Å². The summed E-state index contributed by atoms with van der Waals surface area (Å²) in [5, 5.41) is 13.9. The number of para-hydroxylation sites is 1. The van der Waals surface area contributed by atoms with Gasteiger partial charge in [-0.15, -0.1) is 0 Å². The lowest BCUT2D eigenvalue weighted by atomic mass is 9.93. The number of esters is 1. The number of phenolic OH excluding ortho intramolecular Hbond substituents is 1. The van der Waals surface area contributed by atoms with Crippen molar-refractivity contribution in [3.63, 3.8) is 0 Å². The van der Waals surface area contributed by atoms with Crippen molar-refractivity contribution in [1.82, 2.24) is 5.32 Å². The molecule has 0 saturated carbocycles. The van der Waals surface area contributed by atoms with Crippen LogP contribution in [-0.4, -0.2) is 23.9 Å². The number of hydrogen-bond acceptors (Lipinski definition) is 5. The largest absolute Gasteiger partial charge is 0.508 e. The molecule has 0 spiro atoms. The first-order valence-electron chi connectivity index (χ1n) is 9.60. The zero-order chi connectivity index (χ0) is 21.1. The van der Waals surface area contributed by atoms with Crippen molar-refractivity contribution in [2.24, 2.45) is 4.99 Å². The lowest BCUT2D eigenvalue weighted by Gasteiger charge is -2.31. The van der Waals surface area contributed by atoms with E-state index in [1.165, 1.54) is 7.11 Å². The van der Waals surface area contributed by atoms with E-state index in [4.69, 9.17) is 9.73 Å². The molecule has 6 heteroatoms. The second-order valence-electron chi connectivity index (χ2n) is 7.08. The predicted molar refractivity (Wildman–Crippen MR) is 120 cm³/mol. The molecule has 0 aliphatic carbocycles. The fraction of sp³-hybridized carbons (Fsp3) is 0.167. The fourth-order valence-corrected chi connectivity index (χ4v) is 4.02. The van der Waals surface area contributed by atoms with Gasteiger partial charge in [0, 0.05) is 28.2 Å².